The second kappa shape index (κ2) is 8.19. The fourth-order valence-corrected chi connectivity index (χ4v) is 3.81. The maximum absolute atomic E-state index is 12.9. The molecule has 0 fully saturated rings. The summed E-state index contributed by atoms with van der Waals surface area (Å²) in [7, 11) is 0. The van der Waals surface area contributed by atoms with E-state index in [1.807, 2.05) is 18.2 Å². The molecule has 33 heavy (non-hydrogen) atoms. The highest BCUT2D eigenvalue weighted by molar-refractivity contribution is 6.22. The predicted octanol–water partition coefficient (Wildman–Crippen LogP) is 2.94. The lowest BCUT2D eigenvalue weighted by molar-refractivity contribution is 0.0641. The van der Waals surface area contributed by atoms with Crippen LogP contribution in [0.25, 0.3) is 0 Å². The van der Waals surface area contributed by atoms with Gasteiger partial charge in [-0.25, -0.2) is 0 Å². The van der Waals surface area contributed by atoms with Crippen LogP contribution in [0.5, 0.6) is 0 Å². The minimum atomic E-state index is -0.932. The molecule has 0 bridgehead atoms. The summed E-state index contributed by atoms with van der Waals surface area (Å²) in [4.78, 5) is 63.2. The lowest BCUT2D eigenvalue weighted by Gasteiger charge is -2.13. The van der Waals surface area contributed by atoms with Crippen molar-refractivity contribution < 1.29 is 28.4 Å². The van der Waals surface area contributed by atoms with Gasteiger partial charge in [-0.1, -0.05) is 30.3 Å². The van der Waals surface area contributed by atoms with Crippen molar-refractivity contribution in [1.82, 2.24) is 4.90 Å². The zero-order valence-electron chi connectivity index (χ0n) is 17.8. The summed E-state index contributed by atoms with van der Waals surface area (Å²) >= 11 is 0. The number of ketones is 1. The number of nitrogens with zero attached hydrogens (tertiary/aromatic N) is 1. The quantitative estimate of drug-likeness (QED) is 0.442. The van der Waals surface area contributed by atoms with Crippen molar-refractivity contribution in [3.05, 3.63) is 87.7 Å². The number of Topliss-reactive ketones (excluding diaryl/α,β-unsaturated/α-hetero) is 1. The minimum absolute atomic E-state index is 0.0101. The van der Waals surface area contributed by atoms with Gasteiger partial charge in [-0.3, -0.25) is 34.2 Å². The topological polar surface area (TPSA) is 140 Å². The molecule has 9 nitrogen and oxygen atoms in total. The Labute approximate surface area is 188 Å². The third kappa shape index (κ3) is 3.80. The van der Waals surface area contributed by atoms with Crippen LogP contribution in [-0.4, -0.2) is 34.3 Å². The average Bonchev–Trinajstić information content (AvgIpc) is 3.23. The van der Waals surface area contributed by atoms with Gasteiger partial charge in [-0.15, -0.1) is 0 Å². The number of imide groups is 1. The number of carbonyl (C=O) groups is 5. The number of carbonyl (C=O) groups excluding carboxylic acids is 5. The van der Waals surface area contributed by atoms with Crippen molar-refractivity contribution in [3.63, 3.8) is 0 Å². The van der Waals surface area contributed by atoms with Crippen LogP contribution in [0.1, 0.15) is 70.0 Å². The molecule has 4 amide bonds. The fourth-order valence-electron chi connectivity index (χ4n) is 3.81. The molecule has 0 aliphatic carbocycles. The highest BCUT2D eigenvalue weighted by atomic mass is 16.4. The van der Waals surface area contributed by atoms with Gasteiger partial charge in [0.05, 0.1) is 23.2 Å². The van der Waals surface area contributed by atoms with E-state index >= 15 is 0 Å². The normalized spacial score (nSPS) is 12.6. The standard InChI is InChI=1S/C24H19N3O6/c1-12(28)18-13(2)33-22(19(18)20(25)29)26-21(30)15-8-9-16-17(10-15)24(32)27(23(16)31)11-14-6-4-3-5-7-14/h3-10H,11H2,1-2H3,(H2,25,29)(H,26,30). The molecular formula is C24H19N3O6. The van der Waals surface area contributed by atoms with Crippen molar-refractivity contribution in [2.45, 2.75) is 20.4 Å². The molecule has 0 radical (unpaired) electrons. The summed E-state index contributed by atoms with van der Waals surface area (Å²) in [5, 5.41) is 2.42. The number of rotatable bonds is 6. The lowest BCUT2D eigenvalue weighted by atomic mass is 10.0. The van der Waals surface area contributed by atoms with Crippen molar-refractivity contribution in [3.8, 4) is 0 Å². The molecule has 2 heterocycles. The molecule has 0 atom stereocenters. The van der Waals surface area contributed by atoms with E-state index in [-0.39, 0.29) is 46.0 Å². The van der Waals surface area contributed by atoms with Gasteiger partial charge in [0.15, 0.2) is 5.78 Å². The first kappa shape index (κ1) is 21.7. The van der Waals surface area contributed by atoms with Crippen LogP contribution >= 0.6 is 0 Å². The zero-order chi connectivity index (χ0) is 23.9. The third-order valence-corrected chi connectivity index (χ3v) is 5.33. The predicted molar refractivity (Wildman–Crippen MR) is 117 cm³/mol. The summed E-state index contributed by atoms with van der Waals surface area (Å²) in [6, 6.07) is 13.2. The van der Waals surface area contributed by atoms with Gasteiger partial charge in [0.2, 0.25) is 5.88 Å². The monoisotopic (exact) mass is 445 g/mol. The maximum atomic E-state index is 12.9. The summed E-state index contributed by atoms with van der Waals surface area (Å²) in [5.74, 6) is -3.16. The Hall–Kier alpha value is -4.53. The Kier molecular flexibility index (Phi) is 5.39. The second-order valence-electron chi connectivity index (χ2n) is 7.55. The molecule has 0 saturated carbocycles. The molecule has 2 aromatic carbocycles. The van der Waals surface area contributed by atoms with Crippen LogP contribution in [-0.2, 0) is 6.54 Å². The molecular weight excluding hydrogens is 426 g/mol. The number of primary amides is 1. The van der Waals surface area contributed by atoms with Crippen LogP contribution in [0.3, 0.4) is 0 Å². The van der Waals surface area contributed by atoms with Gasteiger partial charge in [-0.2, -0.15) is 0 Å². The molecule has 1 aromatic heterocycles. The van der Waals surface area contributed by atoms with E-state index in [1.54, 1.807) is 12.1 Å². The Morgan fingerprint density at radius 1 is 0.970 bits per heavy atom. The first-order valence-electron chi connectivity index (χ1n) is 9.98. The summed E-state index contributed by atoms with van der Waals surface area (Å²) in [5.41, 5.74) is 6.28. The van der Waals surface area contributed by atoms with Crippen molar-refractivity contribution in [1.29, 1.82) is 0 Å². The highest BCUT2D eigenvalue weighted by Crippen LogP contribution is 2.29. The van der Waals surface area contributed by atoms with Crippen LogP contribution < -0.4 is 11.1 Å². The smallest absolute Gasteiger partial charge is 0.261 e. The summed E-state index contributed by atoms with van der Waals surface area (Å²) < 4.78 is 5.39. The average molecular weight is 445 g/mol. The second-order valence-corrected chi connectivity index (χ2v) is 7.55. The number of nitrogens with one attached hydrogen (secondary N) is 1. The minimum Gasteiger partial charge on any atom is -0.444 e. The van der Waals surface area contributed by atoms with E-state index < -0.39 is 29.4 Å². The Balaban J connectivity index is 1.61. The number of anilines is 1. The van der Waals surface area contributed by atoms with E-state index in [0.717, 1.165) is 10.5 Å². The Bertz CT molecular complexity index is 1340. The fraction of sp³-hybridized carbons (Fsp3) is 0.125. The first-order chi connectivity index (χ1) is 15.7. The number of hydrogen-bond donors (Lipinski definition) is 2. The van der Waals surface area contributed by atoms with Gasteiger partial charge in [0, 0.05) is 5.56 Å². The van der Waals surface area contributed by atoms with Crippen molar-refractivity contribution >= 4 is 35.3 Å². The number of hydrogen-bond acceptors (Lipinski definition) is 6. The van der Waals surface area contributed by atoms with E-state index in [1.165, 1.54) is 32.0 Å². The van der Waals surface area contributed by atoms with Gasteiger partial charge in [-0.05, 0) is 37.6 Å². The number of aryl methyl sites for hydroxylation is 1. The van der Waals surface area contributed by atoms with Gasteiger partial charge >= 0.3 is 0 Å². The van der Waals surface area contributed by atoms with Gasteiger partial charge in [0.25, 0.3) is 23.6 Å². The molecule has 0 saturated heterocycles. The first-order valence-corrected chi connectivity index (χ1v) is 9.98. The molecule has 1 aliphatic heterocycles. The SMILES string of the molecule is CC(=O)c1c(C)oc(NC(=O)c2ccc3c(c2)C(=O)N(Cc2ccccc2)C3=O)c1C(N)=O. The maximum Gasteiger partial charge on any atom is 0.261 e. The van der Waals surface area contributed by atoms with Crippen LogP contribution in [0.4, 0.5) is 5.88 Å². The van der Waals surface area contributed by atoms with Crippen LogP contribution in [0, 0.1) is 6.92 Å². The lowest BCUT2D eigenvalue weighted by Crippen LogP contribution is -2.29. The van der Waals surface area contributed by atoms with E-state index in [0.29, 0.717) is 0 Å². The molecule has 3 N–H and O–H groups in total. The van der Waals surface area contributed by atoms with Gasteiger partial charge < -0.3 is 10.2 Å². The van der Waals surface area contributed by atoms with Crippen LogP contribution in [0.15, 0.2) is 52.9 Å². The van der Waals surface area contributed by atoms with E-state index in [2.05, 4.69) is 5.32 Å². The molecule has 4 rings (SSSR count). The number of amides is 4. The van der Waals surface area contributed by atoms with Crippen molar-refractivity contribution in [2.75, 3.05) is 5.32 Å². The molecule has 0 spiro atoms. The molecule has 9 heteroatoms. The number of furan rings is 1. The Morgan fingerprint density at radius 2 is 1.64 bits per heavy atom. The number of benzene rings is 2. The molecule has 3 aromatic rings. The molecule has 1 aliphatic rings. The van der Waals surface area contributed by atoms with Crippen molar-refractivity contribution in [2.24, 2.45) is 5.73 Å². The third-order valence-electron chi connectivity index (χ3n) is 5.33. The van der Waals surface area contributed by atoms with E-state index in [9.17, 15) is 24.0 Å². The highest BCUT2D eigenvalue weighted by Gasteiger charge is 2.36. The number of fused-ring (bicyclic) bond motifs is 1. The van der Waals surface area contributed by atoms with Gasteiger partial charge in [0.1, 0.15) is 11.3 Å². The summed E-state index contributed by atoms with van der Waals surface area (Å²) in [6.45, 7) is 2.83. The largest absolute Gasteiger partial charge is 0.444 e. The molecule has 166 valence electrons. The van der Waals surface area contributed by atoms with Crippen LogP contribution in [0.2, 0.25) is 0 Å². The summed E-state index contributed by atoms with van der Waals surface area (Å²) in [6.07, 6.45) is 0. The zero-order valence-corrected chi connectivity index (χ0v) is 17.8. The Morgan fingerprint density at radius 3 is 2.27 bits per heavy atom. The van der Waals surface area contributed by atoms with E-state index in [4.69, 9.17) is 10.2 Å². The number of nitrogens with two attached hydrogens (primary N) is 1. The molecule has 0 unspecified atom stereocenters.